The molecule has 0 saturated heterocycles. The topological polar surface area (TPSA) is 64.4 Å². The molecule has 5 nitrogen and oxygen atoms in total. The number of hydrogen-bond acceptors (Lipinski definition) is 4. The van der Waals surface area contributed by atoms with E-state index in [-0.39, 0.29) is 16.5 Å². The SMILES string of the molecule is COc1ccc(CNc2ccc(F)cc2Cl)cc1[N+](=O)[O-]. The van der Waals surface area contributed by atoms with Gasteiger partial charge in [-0.05, 0) is 29.8 Å². The maximum Gasteiger partial charge on any atom is 0.311 e. The minimum atomic E-state index is -0.507. The van der Waals surface area contributed by atoms with Gasteiger partial charge < -0.3 is 10.1 Å². The number of hydrogen-bond donors (Lipinski definition) is 1. The summed E-state index contributed by atoms with van der Waals surface area (Å²) in [6, 6.07) is 8.64. The van der Waals surface area contributed by atoms with Gasteiger partial charge in [0.1, 0.15) is 5.82 Å². The summed E-state index contributed by atoms with van der Waals surface area (Å²) in [5.41, 5.74) is 1.13. The van der Waals surface area contributed by atoms with Crippen LogP contribution in [-0.4, -0.2) is 12.0 Å². The quantitative estimate of drug-likeness (QED) is 0.669. The van der Waals surface area contributed by atoms with Crippen LogP contribution in [0.2, 0.25) is 5.02 Å². The smallest absolute Gasteiger partial charge is 0.311 e. The number of anilines is 1. The number of nitrogens with one attached hydrogen (secondary N) is 1. The molecular formula is C14H12ClFN2O3. The van der Waals surface area contributed by atoms with E-state index < -0.39 is 10.7 Å². The number of rotatable bonds is 5. The Labute approximate surface area is 125 Å². The number of methoxy groups -OCH3 is 1. The highest BCUT2D eigenvalue weighted by molar-refractivity contribution is 6.33. The summed E-state index contributed by atoms with van der Waals surface area (Å²) >= 11 is 5.89. The van der Waals surface area contributed by atoms with Crippen LogP contribution in [0.3, 0.4) is 0 Å². The Morgan fingerprint density at radius 1 is 1.33 bits per heavy atom. The molecule has 0 aliphatic carbocycles. The van der Waals surface area contributed by atoms with E-state index in [1.165, 1.54) is 37.4 Å². The molecule has 1 N–H and O–H groups in total. The maximum absolute atomic E-state index is 12.9. The molecule has 0 aromatic heterocycles. The van der Waals surface area contributed by atoms with Gasteiger partial charge in [0.05, 0.1) is 22.7 Å². The first-order valence-electron chi connectivity index (χ1n) is 6.01. The van der Waals surface area contributed by atoms with E-state index in [1.807, 2.05) is 0 Å². The van der Waals surface area contributed by atoms with Gasteiger partial charge in [0, 0.05) is 12.6 Å². The van der Waals surface area contributed by atoms with Crippen LogP contribution in [0.15, 0.2) is 36.4 Å². The van der Waals surface area contributed by atoms with E-state index in [4.69, 9.17) is 16.3 Å². The standard InChI is InChI=1S/C14H12ClFN2O3/c1-21-14-5-2-9(6-13(14)18(19)20)8-17-12-4-3-10(16)7-11(12)15/h2-7,17H,8H2,1H3. The summed E-state index contributed by atoms with van der Waals surface area (Å²) < 4.78 is 17.9. The van der Waals surface area contributed by atoms with Crippen LogP contribution in [0.4, 0.5) is 15.8 Å². The highest BCUT2D eigenvalue weighted by Crippen LogP contribution is 2.28. The van der Waals surface area contributed by atoms with Crippen molar-refractivity contribution >= 4 is 23.0 Å². The lowest BCUT2D eigenvalue weighted by Gasteiger charge is -2.09. The van der Waals surface area contributed by atoms with Crippen LogP contribution in [0.5, 0.6) is 5.75 Å². The first-order valence-corrected chi connectivity index (χ1v) is 6.39. The third kappa shape index (κ3) is 3.61. The summed E-state index contributed by atoms with van der Waals surface area (Å²) in [6.07, 6.45) is 0. The number of benzene rings is 2. The van der Waals surface area contributed by atoms with Gasteiger partial charge in [0.25, 0.3) is 0 Å². The summed E-state index contributed by atoms with van der Waals surface area (Å²) in [4.78, 5) is 10.4. The third-order valence-electron chi connectivity index (χ3n) is 2.85. The van der Waals surface area contributed by atoms with Crippen LogP contribution in [0.25, 0.3) is 0 Å². The fourth-order valence-electron chi connectivity index (χ4n) is 1.82. The number of nitro benzene ring substituents is 1. The van der Waals surface area contributed by atoms with Gasteiger partial charge in [-0.2, -0.15) is 0 Å². The summed E-state index contributed by atoms with van der Waals surface area (Å²) in [6.45, 7) is 0.316. The molecule has 0 fully saturated rings. The molecule has 0 aliphatic heterocycles. The van der Waals surface area contributed by atoms with Gasteiger partial charge in [0.2, 0.25) is 0 Å². The van der Waals surface area contributed by atoms with Crippen molar-refractivity contribution in [3.63, 3.8) is 0 Å². The van der Waals surface area contributed by atoms with E-state index in [9.17, 15) is 14.5 Å². The Bertz CT molecular complexity index is 679. The Morgan fingerprint density at radius 3 is 2.71 bits per heavy atom. The molecule has 2 aromatic carbocycles. The minimum Gasteiger partial charge on any atom is -0.490 e. The average molecular weight is 311 g/mol. The fourth-order valence-corrected chi connectivity index (χ4v) is 2.05. The van der Waals surface area contributed by atoms with Crippen molar-refractivity contribution in [1.29, 1.82) is 0 Å². The zero-order chi connectivity index (χ0) is 15.4. The second-order valence-electron chi connectivity index (χ2n) is 4.24. The van der Waals surface area contributed by atoms with Crippen LogP contribution in [0.1, 0.15) is 5.56 Å². The number of nitrogens with zero attached hydrogens (tertiary/aromatic N) is 1. The largest absolute Gasteiger partial charge is 0.490 e. The van der Waals surface area contributed by atoms with Crippen molar-refractivity contribution in [3.8, 4) is 5.75 Å². The predicted octanol–water partition coefficient (Wildman–Crippen LogP) is 4.01. The maximum atomic E-state index is 12.9. The summed E-state index contributed by atoms with van der Waals surface area (Å²) in [5.74, 6) is -0.228. The van der Waals surface area contributed by atoms with Gasteiger partial charge >= 0.3 is 5.69 Å². The molecule has 0 aliphatic rings. The normalized spacial score (nSPS) is 10.2. The average Bonchev–Trinajstić information content (AvgIpc) is 2.46. The lowest BCUT2D eigenvalue weighted by molar-refractivity contribution is -0.385. The zero-order valence-corrected chi connectivity index (χ0v) is 11.9. The van der Waals surface area contributed by atoms with Gasteiger partial charge in [-0.15, -0.1) is 0 Å². The predicted molar refractivity (Wildman–Crippen MR) is 78.4 cm³/mol. The van der Waals surface area contributed by atoms with E-state index in [0.29, 0.717) is 17.8 Å². The first kappa shape index (κ1) is 15.1. The van der Waals surface area contributed by atoms with Crippen molar-refractivity contribution in [2.45, 2.75) is 6.54 Å². The van der Waals surface area contributed by atoms with E-state index in [1.54, 1.807) is 6.07 Å². The molecular weight excluding hydrogens is 299 g/mol. The summed E-state index contributed by atoms with van der Waals surface area (Å²) in [5, 5.41) is 14.2. The monoisotopic (exact) mass is 310 g/mol. The van der Waals surface area contributed by atoms with Gasteiger partial charge in [-0.3, -0.25) is 10.1 Å². The molecule has 0 unspecified atom stereocenters. The minimum absolute atomic E-state index is 0.109. The zero-order valence-electron chi connectivity index (χ0n) is 11.1. The first-order chi connectivity index (χ1) is 10.0. The molecule has 0 saturated carbocycles. The molecule has 0 bridgehead atoms. The second-order valence-corrected chi connectivity index (χ2v) is 4.65. The molecule has 21 heavy (non-hydrogen) atoms. The van der Waals surface area contributed by atoms with Crippen molar-refractivity contribution in [2.24, 2.45) is 0 Å². The second kappa shape index (κ2) is 6.41. The Morgan fingerprint density at radius 2 is 2.10 bits per heavy atom. The Kier molecular flexibility index (Phi) is 4.59. The van der Waals surface area contributed by atoms with E-state index in [2.05, 4.69) is 5.32 Å². The van der Waals surface area contributed by atoms with Crippen LogP contribution in [-0.2, 0) is 6.54 Å². The van der Waals surface area contributed by atoms with Gasteiger partial charge in [0.15, 0.2) is 5.75 Å². The van der Waals surface area contributed by atoms with E-state index in [0.717, 1.165) is 0 Å². The summed E-state index contributed by atoms with van der Waals surface area (Å²) in [7, 11) is 1.37. The lowest BCUT2D eigenvalue weighted by atomic mass is 10.2. The molecule has 2 rings (SSSR count). The van der Waals surface area contributed by atoms with Crippen molar-refractivity contribution in [1.82, 2.24) is 0 Å². The highest BCUT2D eigenvalue weighted by Gasteiger charge is 2.15. The van der Waals surface area contributed by atoms with Crippen molar-refractivity contribution in [2.75, 3.05) is 12.4 Å². The molecule has 110 valence electrons. The van der Waals surface area contributed by atoms with Crippen LogP contribution < -0.4 is 10.1 Å². The lowest BCUT2D eigenvalue weighted by Crippen LogP contribution is -2.02. The molecule has 2 aromatic rings. The van der Waals surface area contributed by atoms with Crippen molar-refractivity contribution < 1.29 is 14.1 Å². The van der Waals surface area contributed by atoms with Crippen LogP contribution >= 0.6 is 11.6 Å². The highest BCUT2D eigenvalue weighted by atomic mass is 35.5. The van der Waals surface area contributed by atoms with Crippen molar-refractivity contribution in [3.05, 3.63) is 62.9 Å². The number of ether oxygens (including phenoxy) is 1. The Balaban J connectivity index is 2.16. The molecule has 0 spiro atoms. The number of halogens is 2. The number of nitro groups is 1. The van der Waals surface area contributed by atoms with Gasteiger partial charge in [-0.1, -0.05) is 17.7 Å². The van der Waals surface area contributed by atoms with Gasteiger partial charge in [-0.25, -0.2) is 4.39 Å². The molecule has 7 heteroatoms. The molecule has 0 atom stereocenters. The van der Waals surface area contributed by atoms with E-state index >= 15 is 0 Å². The van der Waals surface area contributed by atoms with Crippen LogP contribution in [0, 0.1) is 15.9 Å². The fraction of sp³-hybridized carbons (Fsp3) is 0.143. The molecule has 0 amide bonds. The third-order valence-corrected chi connectivity index (χ3v) is 3.17. The molecule has 0 radical (unpaired) electrons. The molecule has 0 heterocycles. The Hall–Kier alpha value is -2.34.